The van der Waals surface area contributed by atoms with Crippen LogP contribution in [-0.2, 0) is 9.53 Å². The molecule has 3 N–H and O–H groups in total. The average Bonchev–Trinajstić information content (AvgIpc) is 2.55. The summed E-state index contributed by atoms with van der Waals surface area (Å²) in [6, 6.07) is 9.12. The fourth-order valence-electron chi connectivity index (χ4n) is 2.49. The molecular formula is C15H21N3O3. The van der Waals surface area contributed by atoms with Gasteiger partial charge in [0.2, 0.25) is 5.91 Å². The van der Waals surface area contributed by atoms with Crippen molar-refractivity contribution in [2.24, 2.45) is 10.9 Å². The first-order valence-corrected chi connectivity index (χ1v) is 7.10. The lowest BCUT2D eigenvalue weighted by Gasteiger charge is -2.34. The van der Waals surface area contributed by atoms with Crippen LogP contribution in [0.15, 0.2) is 35.5 Å². The maximum Gasteiger partial charge on any atom is 0.238 e. The summed E-state index contributed by atoms with van der Waals surface area (Å²) in [6.45, 7) is 3.60. The van der Waals surface area contributed by atoms with E-state index < -0.39 is 5.92 Å². The smallest absolute Gasteiger partial charge is 0.238 e. The van der Waals surface area contributed by atoms with Crippen LogP contribution in [0.5, 0.6) is 0 Å². The second kappa shape index (κ2) is 7.08. The minimum absolute atomic E-state index is 0.0476. The molecule has 2 rings (SSSR count). The number of benzene rings is 1. The predicted molar refractivity (Wildman–Crippen MR) is 79.2 cm³/mol. The van der Waals surface area contributed by atoms with Gasteiger partial charge in [-0.15, -0.1) is 0 Å². The number of rotatable bonds is 4. The summed E-state index contributed by atoms with van der Waals surface area (Å²) in [5.41, 5.74) is 6.46. The molecule has 21 heavy (non-hydrogen) atoms. The number of nitrogens with zero attached hydrogens (tertiary/aromatic N) is 2. The summed E-state index contributed by atoms with van der Waals surface area (Å²) in [6.07, 6.45) is 0.898. The number of amidine groups is 1. The highest BCUT2D eigenvalue weighted by atomic mass is 16.5. The van der Waals surface area contributed by atoms with Crippen LogP contribution in [0.4, 0.5) is 0 Å². The molecule has 1 heterocycles. The lowest BCUT2D eigenvalue weighted by molar-refractivity contribution is -0.138. The number of carbonyl (C=O) groups is 1. The van der Waals surface area contributed by atoms with Crippen molar-refractivity contribution >= 4 is 11.7 Å². The molecule has 1 aliphatic rings. The van der Waals surface area contributed by atoms with Crippen molar-refractivity contribution < 1.29 is 14.7 Å². The van der Waals surface area contributed by atoms with E-state index in [1.54, 1.807) is 17.0 Å². The van der Waals surface area contributed by atoms with Gasteiger partial charge in [0.05, 0.1) is 12.7 Å². The molecule has 0 saturated carbocycles. The summed E-state index contributed by atoms with van der Waals surface area (Å²) in [5.74, 6) is -1.00. The van der Waals surface area contributed by atoms with E-state index in [1.165, 1.54) is 0 Å². The molecule has 1 amide bonds. The van der Waals surface area contributed by atoms with Gasteiger partial charge in [0.1, 0.15) is 5.92 Å². The van der Waals surface area contributed by atoms with E-state index in [9.17, 15) is 4.79 Å². The van der Waals surface area contributed by atoms with Gasteiger partial charge >= 0.3 is 0 Å². The van der Waals surface area contributed by atoms with Gasteiger partial charge in [-0.3, -0.25) is 4.79 Å². The van der Waals surface area contributed by atoms with Crippen LogP contribution in [0, 0.1) is 0 Å². The van der Waals surface area contributed by atoms with E-state index in [0.29, 0.717) is 19.7 Å². The maximum atomic E-state index is 12.8. The molecule has 2 unspecified atom stereocenters. The number of ether oxygens (including phenoxy) is 1. The molecule has 114 valence electrons. The van der Waals surface area contributed by atoms with Crippen LogP contribution >= 0.6 is 0 Å². The largest absolute Gasteiger partial charge is 0.409 e. The summed E-state index contributed by atoms with van der Waals surface area (Å²) < 4.78 is 5.58. The number of carbonyl (C=O) groups excluding carboxylic acids is 1. The van der Waals surface area contributed by atoms with E-state index >= 15 is 0 Å². The Bertz CT molecular complexity index is 504. The lowest BCUT2D eigenvalue weighted by atomic mass is 9.96. The molecular weight excluding hydrogens is 270 g/mol. The first kappa shape index (κ1) is 15.3. The lowest BCUT2D eigenvalue weighted by Crippen LogP contribution is -2.49. The van der Waals surface area contributed by atoms with Crippen LogP contribution in [-0.4, -0.2) is 47.7 Å². The van der Waals surface area contributed by atoms with Crippen molar-refractivity contribution in [1.29, 1.82) is 0 Å². The van der Waals surface area contributed by atoms with E-state index in [2.05, 4.69) is 5.16 Å². The minimum Gasteiger partial charge on any atom is -0.409 e. The van der Waals surface area contributed by atoms with Crippen molar-refractivity contribution in [1.82, 2.24) is 4.90 Å². The van der Waals surface area contributed by atoms with Crippen molar-refractivity contribution in [2.75, 3.05) is 19.7 Å². The van der Waals surface area contributed by atoms with Gasteiger partial charge in [-0.2, -0.15) is 0 Å². The third kappa shape index (κ3) is 3.52. The summed E-state index contributed by atoms with van der Waals surface area (Å²) in [5, 5.41) is 12.0. The molecule has 0 spiro atoms. The molecule has 1 aromatic rings. The Morgan fingerprint density at radius 3 is 2.86 bits per heavy atom. The Hall–Kier alpha value is -2.08. The molecule has 2 atom stereocenters. The number of oxime groups is 1. The fraction of sp³-hybridized carbons (Fsp3) is 0.467. The summed E-state index contributed by atoms with van der Waals surface area (Å²) in [4.78, 5) is 14.5. The second-order valence-corrected chi connectivity index (χ2v) is 5.05. The predicted octanol–water partition coefficient (Wildman–Crippen LogP) is 1.15. The zero-order chi connectivity index (χ0) is 15.2. The Kier molecular flexibility index (Phi) is 5.16. The molecule has 1 saturated heterocycles. The normalized spacial score (nSPS) is 21.1. The number of hydrogen-bond acceptors (Lipinski definition) is 4. The molecule has 0 aromatic heterocycles. The first-order chi connectivity index (χ1) is 10.2. The number of amides is 1. The Labute approximate surface area is 124 Å². The quantitative estimate of drug-likeness (QED) is 0.377. The third-order valence-corrected chi connectivity index (χ3v) is 3.70. The van der Waals surface area contributed by atoms with Gasteiger partial charge in [0.15, 0.2) is 5.84 Å². The highest BCUT2D eigenvalue weighted by Crippen LogP contribution is 2.21. The molecule has 1 aliphatic heterocycles. The standard InChI is InChI=1S/C15H21N3O3/c1-2-12-10-18(8-9-21-12)15(19)13(14(16)17-20)11-6-4-3-5-7-11/h3-7,12-13,20H,2,8-10H2,1H3,(H2,16,17). The van der Waals surface area contributed by atoms with Gasteiger partial charge in [-0.05, 0) is 12.0 Å². The fourth-order valence-corrected chi connectivity index (χ4v) is 2.49. The van der Waals surface area contributed by atoms with Crippen LogP contribution < -0.4 is 5.73 Å². The molecule has 0 radical (unpaired) electrons. The topological polar surface area (TPSA) is 88.2 Å². The van der Waals surface area contributed by atoms with E-state index in [-0.39, 0.29) is 17.8 Å². The minimum atomic E-state index is -0.758. The summed E-state index contributed by atoms with van der Waals surface area (Å²) >= 11 is 0. The van der Waals surface area contributed by atoms with Gasteiger partial charge in [0.25, 0.3) is 0 Å². The van der Waals surface area contributed by atoms with Crippen LogP contribution in [0.2, 0.25) is 0 Å². The van der Waals surface area contributed by atoms with Gasteiger partial charge < -0.3 is 20.6 Å². The molecule has 1 aromatic carbocycles. The van der Waals surface area contributed by atoms with Gasteiger partial charge in [0, 0.05) is 13.1 Å². The zero-order valence-electron chi connectivity index (χ0n) is 12.1. The zero-order valence-corrected chi connectivity index (χ0v) is 12.1. The van der Waals surface area contributed by atoms with Crippen molar-refractivity contribution in [3.8, 4) is 0 Å². The first-order valence-electron chi connectivity index (χ1n) is 7.10. The van der Waals surface area contributed by atoms with Crippen molar-refractivity contribution in [3.05, 3.63) is 35.9 Å². The monoisotopic (exact) mass is 291 g/mol. The van der Waals surface area contributed by atoms with E-state index in [0.717, 1.165) is 12.0 Å². The van der Waals surface area contributed by atoms with Crippen LogP contribution in [0.3, 0.4) is 0 Å². The second-order valence-electron chi connectivity index (χ2n) is 5.05. The molecule has 0 aliphatic carbocycles. The van der Waals surface area contributed by atoms with Gasteiger partial charge in [-0.1, -0.05) is 42.4 Å². The number of nitrogens with two attached hydrogens (primary N) is 1. The SMILES string of the molecule is CCC1CN(C(=O)C(C(N)=NO)c2ccccc2)CCO1. The molecule has 6 heteroatoms. The number of hydrogen-bond donors (Lipinski definition) is 2. The highest BCUT2D eigenvalue weighted by molar-refractivity contribution is 6.07. The van der Waals surface area contributed by atoms with Crippen LogP contribution in [0.1, 0.15) is 24.8 Å². The van der Waals surface area contributed by atoms with E-state index in [4.69, 9.17) is 15.7 Å². The third-order valence-electron chi connectivity index (χ3n) is 3.70. The molecule has 1 fully saturated rings. The average molecular weight is 291 g/mol. The van der Waals surface area contributed by atoms with Gasteiger partial charge in [-0.25, -0.2) is 0 Å². The number of morpholine rings is 1. The van der Waals surface area contributed by atoms with Crippen LogP contribution in [0.25, 0.3) is 0 Å². The summed E-state index contributed by atoms with van der Waals surface area (Å²) in [7, 11) is 0. The molecule has 6 nitrogen and oxygen atoms in total. The van der Waals surface area contributed by atoms with E-state index in [1.807, 2.05) is 25.1 Å². The Balaban J connectivity index is 2.23. The Morgan fingerprint density at radius 2 is 2.24 bits per heavy atom. The maximum absolute atomic E-state index is 12.8. The highest BCUT2D eigenvalue weighted by Gasteiger charge is 2.32. The Morgan fingerprint density at radius 1 is 1.52 bits per heavy atom. The molecule has 0 bridgehead atoms. The van der Waals surface area contributed by atoms with Crippen molar-refractivity contribution in [2.45, 2.75) is 25.4 Å². The van der Waals surface area contributed by atoms with Crippen molar-refractivity contribution in [3.63, 3.8) is 0 Å².